The maximum Gasteiger partial charge on any atom is 0.472 e. The van der Waals surface area contributed by atoms with Gasteiger partial charge in [-0.3, -0.25) is 13.8 Å². The highest BCUT2D eigenvalue weighted by molar-refractivity contribution is 7.47. The van der Waals surface area contributed by atoms with Gasteiger partial charge in [0.15, 0.2) is 0 Å². The van der Waals surface area contributed by atoms with Crippen molar-refractivity contribution in [3.8, 4) is 0 Å². The molecule has 0 saturated heterocycles. The van der Waals surface area contributed by atoms with Crippen molar-refractivity contribution in [2.45, 2.75) is 204 Å². The monoisotopic (exact) mass is 805 g/mol. The van der Waals surface area contributed by atoms with Crippen molar-refractivity contribution >= 4 is 13.8 Å². The lowest BCUT2D eigenvalue weighted by molar-refractivity contribution is -0.220. The van der Waals surface area contributed by atoms with E-state index in [-0.39, 0.29) is 13.0 Å². The number of phosphoric acid groups is 1. The highest BCUT2D eigenvalue weighted by Gasteiger charge is 2.51. The molecule has 0 aliphatic heterocycles. The Balaban J connectivity index is 2.45. The first-order valence-corrected chi connectivity index (χ1v) is 22.8. The molecule has 0 spiro atoms. The van der Waals surface area contributed by atoms with Crippen molar-refractivity contribution in [3.05, 3.63) is 36.5 Å². The number of phosphoric ester groups is 1. The van der Waals surface area contributed by atoms with Gasteiger partial charge in [0.05, 0.1) is 13.2 Å². The fourth-order valence-electron chi connectivity index (χ4n) is 6.37. The summed E-state index contributed by atoms with van der Waals surface area (Å²) in [6.07, 6.45) is 25.0. The van der Waals surface area contributed by atoms with Crippen LogP contribution in [0, 0.1) is 0 Å². The summed E-state index contributed by atoms with van der Waals surface area (Å²) in [4.78, 5) is 23.1. The lowest BCUT2D eigenvalue weighted by Crippen LogP contribution is -2.64. The molecule has 322 valence electrons. The van der Waals surface area contributed by atoms with Gasteiger partial charge in [-0.25, -0.2) is 4.57 Å². The van der Waals surface area contributed by atoms with Gasteiger partial charge in [-0.05, 0) is 44.9 Å². The number of hydrogen-bond donors (Lipinski definition) is 6. The summed E-state index contributed by atoms with van der Waals surface area (Å²) in [5.41, 5.74) is 0. The number of unbranched alkanes of at least 4 members (excludes halogenated alkanes) is 17. The van der Waals surface area contributed by atoms with Crippen LogP contribution in [0.4, 0.5) is 0 Å². The predicted molar refractivity (Wildman–Crippen MR) is 216 cm³/mol. The first-order valence-electron chi connectivity index (χ1n) is 21.3. The summed E-state index contributed by atoms with van der Waals surface area (Å²) in [6.45, 7) is 4.08. The third-order valence-electron chi connectivity index (χ3n) is 9.78. The van der Waals surface area contributed by atoms with Crippen LogP contribution < -0.4 is 0 Å². The van der Waals surface area contributed by atoms with E-state index in [1.807, 2.05) is 0 Å². The summed E-state index contributed by atoms with van der Waals surface area (Å²) >= 11 is 0. The summed E-state index contributed by atoms with van der Waals surface area (Å²) < 4.78 is 34.1. The highest BCUT2D eigenvalue weighted by atomic mass is 31.2. The van der Waals surface area contributed by atoms with Crippen LogP contribution in [0.3, 0.4) is 0 Å². The van der Waals surface area contributed by atoms with Crippen LogP contribution in [0.1, 0.15) is 162 Å². The molecular weight excluding hydrogens is 727 g/mol. The third kappa shape index (κ3) is 26.2. The van der Waals surface area contributed by atoms with E-state index in [1.165, 1.54) is 64.2 Å². The minimum absolute atomic E-state index is 0.0900. The average Bonchev–Trinajstić information content (AvgIpc) is 3.17. The quantitative estimate of drug-likeness (QED) is 0.0157. The number of carbonyl (C=O) groups is 1. The molecule has 6 atom stereocenters. The lowest BCUT2D eigenvalue weighted by atomic mass is 9.85. The van der Waals surface area contributed by atoms with E-state index >= 15 is 0 Å². The largest absolute Gasteiger partial charge is 0.472 e. The van der Waals surface area contributed by atoms with Crippen LogP contribution in [0.2, 0.25) is 0 Å². The molecule has 6 N–H and O–H groups in total. The zero-order valence-corrected chi connectivity index (χ0v) is 34.9. The summed E-state index contributed by atoms with van der Waals surface area (Å²) in [6, 6.07) is 0. The van der Waals surface area contributed by atoms with Gasteiger partial charge in [0.1, 0.15) is 42.7 Å². The smallest absolute Gasteiger partial charge is 0.457 e. The fourth-order valence-corrected chi connectivity index (χ4v) is 7.34. The van der Waals surface area contributed by atoms with Gasteiger partial charge < -0.3 is 39.9 Å². The maximum absolute atomic E-state index is 12.8. The number of aliphatic hydroxyl groups is 5. The van der Waals surface area contributed by atoms with Crippen LogP contribution >= 0.6 is 7.82 Å². The van der Waals surface area contributed by atoms with Gasteiger partial charge in [-0.1, -0.05) is 147 Å². The first kappa shape index (κ1) is 51.6. The van der Waals surface area contributed by atoms with E-state index in [0.29, 0.717) is 13.0 Å². The third-order valence-corrected chi connectivity index (χ3v) is 10.8. The van der Waals surface area contributed by atoms with Gasteiger partial charge in [0.25, 0.3) is 0 Å². The van der Waals surface area contributed by atoms with Gasteiger partial charge in [0, 0.05) is 13.0 Å². The summed E-state index contributed by atoms with van der Waals surface area (Å²) in [7, 11) is -5.02. The Bertz CT molecular complexity index is 1050. The number of rotatable bonds is 35. The molecule has 1 aliphatic rings. The fraction of sp³-hybridized carbons (Fsp3) is 0.833. The van der Waals surface area contributed by atoms with E-state index in [4.69, 9.17) is 18.5 Å². The zero-order chi connectivity index (χ0) is 40.6. The number of allylic oxidation sites excluding steroid dienone is 6. The maximum atomic E-state index is 12.8. The number of aliphatic hydroxyl groups excluding tert-OH is 5. The van der Waals surface area contributed by atoms with Crippen LogP contribution in [-0.2, 0) is 27.9 Å². The van der Waals surface area contributed by atoms with Crippen LogP contribution in [0.15, 0.2) is 36.5 Å². The molecule has 1 rings (SSSR count). The molecule has 0 aromatic heterocycles. The Hall–Kier alpha value is -1.44. The van der Waals surface area contributed by atoms with Crippen molar-refractivity contribution in [2.75, 3.05) is 19.8 Å². The SMILES string of the molecule is CC/C=C\C/C=C\C/C=C\CCCCCCOCC(COP(=O)(O)OC1C(O)C(O)C(O)C(O)C1O)OC(=O)CCCCCCCCCCCCCCCC. The zero-order valence-electron chi connectivity index (χ0n) is 34.0. The van der Waals surface area contributed by atoms with E-state index in [9.17, 15) is 39.8 Å². The second-order valence-electron chi connectivity index (χ2n) is 14.8. The van der Waals surface area contributed by atoms with Crippen LogP contribution in [-0.4, -0.2) is 98.9 Å². The molecule has 0 heterocycles. The first-order chi connectivity index (χ1) is 26.5. The van der Waals surface area contributed by atoms with E-state index in [0.717, 1.165) is 70.6 Å². The molecule has 0 aromatic rings. The van der Waals surface area contributed by atoms with Crippen LogP contribution in [0.5, 0.6) is 0 Å². The van der Waals surface area contributed by atoms with Gasteiger partial charge in [-0.15, -0.1) is 0 Å². The predicted octanol–water partition coefficient (Wildman–Crippen LogP) is 7.92. The minimum atomic E-state index is -5.02. The Labute approximate surface area is 332 Å². The van der Waals surface area contributed by atoms with Gasteiger partial charge >= 0.3 is 13.8 Å². The molecule has 6 unspecified atom stereocenters. The Morgan fingerprint density at radius 1 is 0.600 bits per heavy atom. The van der Waals surface area contributed by atoms with Crippen molar-refractivity contribution in [2.24, 2.45) is 0 Å². The highest BCUT2D eigenvalue weighted by Crippen LogP contribution is 2.47. The molecule has 0 aromatic carbocycles. The molecule has 1 fully saturated rings. The van der Waals surface area contributed by atoms with E-state index < -0.39 is 63.1 Å². The topological polar surface area (TPSA) is 192 Å². The second-order valence-corrected chi connectivity index (χ2v) is 16.2. The standard InChI is InChI=1S/C42H77O12P/c1-3-5-7-9-11-13-15-17-19-21-23-25-27-29-31-36(43)53-35(33-51-32-30-28-26-24-22-20-18-16-14-12-10-8-6-4-2)34-52-55(49,50)54-42-40(47)38(45)37(44)39(46)41(42)48/h6,8,12,14,18,20,35,37-42,44-48H,3-5,7,9-11,13,15-17,19,21-34H2,1-2H3,(H,49,50)/b8-6-,14-12-,20-18-. The number of carbonyl (C=O) groups excluding carboxylic acids is 1. The molecular formula is C42H77O12P. The molecule has 55 heavy (non-hydrogen) atoms. The lowest BCUT2D eigenvalue weighted by Gasteiger charge is -2.41. The van der Waals surface area contributed by atoms with E-state index in [2.05, 4.69) is 50.3 Å². The molecule has 12 nitrogen and oxygen atoms in total. The normalized spacial score (nSPS) is 23.6. The van der Waals surface area contributed by atoms with Crippen LogP contribution in [0.25, 0.3) is 0 Å². The number of hydrogen-bond acceptors (Lipinski definition) is 11. The van der Waals surface area contributed by atoms with Crippen molar-refractivity contribution in [1.82, 2.24) is 0 Å². The second kappa shape index (κ2) is 33.5. The molecule has 1 saturated carbocycles. The molecule has 1 aliphatic carbocycles. The Kier molecular flexibility index (Phi) is 31.4. The van der Waals surface area contributed by atoms with Crippen molar-refractivity contribution < 1.29 is 58.3 Å². The van der Waals surface area contributed by atoms with E-state index in [1.54, 1.807) is 0 Å². The summed E-state index contributed by atoms with van der Waals surface area (Å²) in [5, 5.41) is 50.1. The molecule has 0 amide bonds. The Morgan fingerprint density at radius 3 is 1.64 bits per heavy atom. The average molecular weight is 805 g/mol. The summed E-state index contributed by atoms with van der Waals surface area (Å²) in [5.74, 6) is -0.486. The molecule has 0 radical (unpaired) electrons. The van der Waals surface area contributed by atoms with Crippen molar-refractivity contribution in [1.29, 1.82) is 0 Å². The Morgan fingerprint density at radius 2 is 1.07 bits per heavy atom. The number of esters is 1. The van der Waals surface area contributed by atoms with Gasteiger partial charge in [-0.2, -0.15) is 0 Å². The molecule has 13 heteroatoms. The minimum Gasteiger partial charge on any atom is -0.457 e. The molecule has 0 bridgehead atoms. The number of ether oxygens (including phenoxy) is 2. The van der Waals surface area contributed by atoms with Gasteiger partial charge in [0.2, 0.25) is 0 Å². The van der Waals surface area contributed by atoms with Crippen molar-refractivity contribution in [3.63, 3.8) is 0 Å².